The van der Waals surface area contributed by atoms with Crippen LogP contribution in [-0.4, -0.2) is 46.7 Å². The molecule has 0 amide bonds. The molecule has 0 saturated carbocycles. The standard InChI is InChI=1S/C12H27NO3S/c1-12(2,3)11(16-5)10(13-4)8-7-9-17(6,14)15/h10-11,13H,7-9H2,1-6H3. The molecule has 4 nitrogen and oxygen atoms in total. The molecule has 104 valence electrons. The molecule has 0 radical (unpaired) electrons. The first-order valence-electron chi connectivity index (χ1n) is 5.99. The Morgan fingerprint density at radius 1 is 1.29 bits per heavy atom. The van der Waals surface area contributed by atoms with E-state index < -0.39 is 9.84 Å². The molecule has 2 unspecified atom stereocenters. The highest BCUT2D eigenvalue weighted by Crippen LogP contribution is 2.26. The lowest BCUT2D eigenvalue weighted by molar-refractivity contribution is -0.0114. The molecule has 5 heteroatoms. The SMILES string of the molecule is CNC(CCCS(C)(=O)=O)C(OC)C(C)(C)C. The first-order valence-corrected chi connectivity index (χ1v) is 8.05. The van der Waals surface area contributed by atoms with Gasteiger partial charge in [-0.1, -0.05) is 20.8 Å². The third-order valence-corrected chi connectivity index (χ3v) is 3.90. The summed E-state index contributed by atoms with van der Waals surface area (Å²) in [4.78, 5) is 0. The van der Waals surface area contributed by atoms with Gasteiger partial charge in [0.2, 0.25) is 0 Å². The maximum Gasteiger partial charge on any atom is 0.147 e. The Kier molecular flexibility index (Phi) is 6.66. The van der Waals surface area contributed by atoms with Gasteiger partial charge in [-0.25, -0.2) is 8.42 Å². The Labute approximate surface area is 106 Å². The van der Waals surface area contributed by atoms with Gasteiger partial charge >= 0.3 is 0 Å². The zero-order chi connectivity index (χ0) is 13.7. The Morgan fingerprint density at radius 2 is 1.82 bits per heavy atom. The number of hydrogen-bond donors (Lipinski definition) is 1. The van der Waals surface area contributed by atoms with Gasteiger partial charge in [0.25, 0.3) is 0 Å². The van der Waals surface area contributed by atoms with Crippen molar-refractivity contribution in [2.45, 2.75) is 45.8 Å². The van der Waals surface area contributed by atoms with Crippen LogP contribution < -0.4 is 5.32 Å². The highest BCUT2D eigenvalue weighted by Gasteiger charge is 2.31. The van der Waals surface area contributed by atoms with Gasteiger partial charge in [-0.05, 0) is 25.3 Å². The van der Waals surface area contributed by atoms with Gasteiger partial charge in [0.15, 0.2) is 0 Å². The summed E-state index contributed by atoms with van der Waals surface area (Å²) in [6.07, 6.45) is 2.82. The summed E-state index contributed by atoms with van der Waals surface area (Å²) in [6.45, 7) is 6.38. The highest BCUT2D eigenvalue weighted by atomic mass is 32.2. The van der Waals surface area contributed by atoms with Crippen molar-refractivity contribution in [3.8, 4) is 0 Å². The number of methoxy groups -OCH3 is 1. The van der Waals surface area contributed by atoms with E-state index in [9.17, 15) is 8.42 Å². The molecule has 0 aliphatic carbocycles. The average molecular weight is 265 g/mol. The first-order chi connectivity index (χ1) is 7.61. The molecule has 0 heterocycles. The number of ether oxygens (including phenoxy) is 1. The van der Waals surface area contributed by atoms with E-state index in [1.165, 1.54) is 6.26 Å². The minimum Gasteiger partial charge on any atom is -0.379 e. The number of hydrogen-bond acceptors (Lipinski definition) is 4. The fraction of sp³-hybridized carbons (Fsp3) is 1.00. The first kappa shape index (κ1) is 16.9. The summed E-state index contributed by atoms with van der Waals surface area (Å²) >= 11 is 0. The van der Waals surface area contributed by atoms with Crippen LogP contribution in [0.5, 0.6) is 0 Å². The molecule has 2 atom stereocenters. The quantitative estimate of drug-likeness (QED) is 0.757. The van der Waals surface area contributed by atoms with Crippen LogP contribution in [0.1, 0.15) is 33.6 Å². The predicted octanol–water partition coefficient (Wildman–Crippen LogP) is 1.46. The van der Waals surface area contributed by atoms with Crippen molar-refractivity contribution in [2.24, 2.45) is 5.41 Å². The van der Waals surface area contributed by atoms with E-state index in [1.54, 1.807) is 7.11 Å². The second kappa shape index (κ2) is 6.71. The van der Waals surface area contributed by atoms with Crippen molar-refractivity contribution in [1.29, 1.82) is 0 Å². The molecule has 1 N–H and O–H groups in total. The molecule has 0 saturated heterocycles. The molecule has 0 aromatic carbocycles. The highest BCUT2D eigenvalue weighted by molar-refractivity contribution is 7.90. The number of sulfone groups is 1. The minimum absolute atomic E-state index is 0.0352. The van der Waals surface area contributed by atoms with Crippen LogP contribution in [0.3, 0.4) is 0 Å². The molecule has 0 aromatic rings. The van der Waals surface area contributed by atoms with E-state index in [0.29, 0.717) is 6.42 Å². The fourth-order valence-electron chi connectivity index (χ4n) is 2.13. The maximum absolute atomic E-state index is 11.1. The lowest BCUT2D eigenvalue weighted by atomic mass is 9.83. The molecule has 0 aliphatic rings. The summed E-state index contributed by atoms with van der Waals surface area (Å²) in [5.41, 5.74) is 0.0352. The maximum atomic E-state index is 11.1. The van der Waals surface area contributed by atoms with E-state index in [1.807, 2.05) is 7.05 Å². The fourth-order valence-corrected chi connectivity index (χ4v) is 2.82. The van der Waals surface area contributed by atoms with Crippen molar-refractivity contribution in [3.63, 3.8) is 0 Å². The number of likely N-dealkylation sites (N-methyl/N-ethyl adjacent to an activating group) is 1. The van der Waals surface area contributed by atoms with Crippen LogP contribution >= 0.6 is 0 Å². The molecule has 0 bridgehead atoms. The van der Waals surface area contributed by atoms with Gasteiger partial charge in [0.05, 0.1) is 6.10 Å². The van der Waals surface area contributed by atoms with Gasteiger partial charge in [0.1, 0.15) is 9.84 Å². The van der Waals surface area contributed by atoms with E-state index in [-0.39, 0.29) is 23.3 Å². The van der Waals surface area contributed by atoms with Crippen LogP contribution in [0.2, 0.25) is 0 Å². The Balaban J connectivity index is 4.41. The summed E-state index contributed by atoms with van der Waals surface area (Å²) < 4.78 is 27.7. The van der Waals surface area contributed by atoms with Gasteiger partial charge < -0.3 is 10.1 Å². The molecule has 0 aromatic heterocycles. The van der Waals surface area contributed by atoms with Crippen LogP contribution in [0.4, 0.5) is 0 Å². The van der Waals surface area contributed by atoms with E-state index in [4.69, 9.17) is 4.74 Å². The molecule has 17 heavy (non-hydrogen) atoms. The molecule has 0 fully saturated rings. The zero-order valence-electron chi connectivity index (χ0n) is 11.9. The van der Waals surface area contributed by atoms with Crippen molar-refractivity contribution in [1.82, 2.24) is 5.32 Å². The van der Waals surface area contributed by atoms with Crippen LogP contribution in [-0.2, 0) is 14.6 Å². The number of rotatable bonds is 7. The third kappa shape index (κ3) is 7.01. The Bertz CT molecular complexity index is 306. The molecule has 0 rings (SSSR count). The van der Waals surface area contributed by atoms with E-state index in [0.717, 1.165) is 6.42 Å². The average Bonchev–Trinajstić information content (AvgIpc) is 2.12. The van der Waals surface area contributed by atoms with Crippen LogP contribution in [0.15, 0.2) is 0 Å². The molecular formula is C12H27NO3S. The largest absolute Gasteiger partial charge is 0.379 e. The monoisotopic (exact) mass is 265 g/mol. The third-order valence-electron chi connectivity index (χ3n) is 2.87. The van der Waals surface area contributed by atoms with Crippen LogP contribution in [0, 0.1) is 5.41 Å². The number of nitrogens with one attached hydrogen (secondary N) is 1. The van der Waals surface area contributed by atoms with Crippen molar-refractivity contribution >= 4 is 9.84 Å². The van der Waals surface area contributed by atoms with Crippen LogP contribution in [0.25, 0.3) is 0 Å². The van der Waals surface area contributed by atoms with Crippen molar-refractivity contribution in [2.75, 3.05) is 26.2 Å². The Hall–Kier alpha value is -0.130. The summed E-state index contributed by atoms with van der Waals surface area (Å²) in [5.74, 6) is 0.242. The van der Waals surface area contributed by atoms with Gasteiger partial charge in [-0.3, -0.25) is 0 Å². The molecule has 0 aliphatic heterocycles. The summed E-state index contributed by atoms with van der Waals surface area (Å²) in [5, 5.41) is 3.23. The zero-order valence-corrected chi connectivity index (χ0v) is 12.7. The van der Waals surface area contributed by atoms with Crippen molar-refractivity contribution < 1.29 is 13.2 Å². The minimum atomic E-state index is -2.86. The molecular weight excluding hydrogens is 238 g/mol. The Morgan fingerprint density at radius 3 is 2.12 bits per heavy atom. The second-order valence-electron chi connectivity index (χ2n) is 5.69. The molecule has 0 spiro atoms. The summed E-state index contributed by atoms with van der Waals surface area (Å²) in [6, 6.07) is 0.182. The topological polar surface area (TPSA) is 55.4 Å². The van der Waals surface area contributed by atoms with Gasteiger partial charge in [-0.2, -0.15) is 0 Å². The lowest BCUT2D eigenvalue weighted by Gasteiger charge is -2.36. The van der Waals surface area contributed by atoms with E-state index in [2.05, 4.69) is 26.1 Å². The second-order valence-corrected chi connectivity index (χ2v) is 7.95. The normalized spacial score (nSPS) is 16.8. The summed E-state index contributed by atoms with van der Waals surface area (Å²) in [7, 11) is 0.732. The predicted molar refractivity (Wildman–Crippen MR) is 72.0 cm³/mol. The lowest BCUT2D eigenvalue weighted by Crippen LogP contribution is -2.46. The van der Waals surface area contributed by atoms with Gasteiger partial charge in [0, 0.05) is 25.2 Å². The smallest absolute Gasteiger partial charge is 0.147 e. The van der Waals surface area contributed by atoms with E-state index >= 15 is 0 Å². The van der Waals surface area contributed by atoms with Crippen molar-refractivity contribution in [3.05, 3.63) is 0 Å². The van der Waals surface area contributed by atoms with Gasteiger partial charge in [-0.15, -0.1) is 0 Å².